The van der Waals surface area contributed by atoms with Crippen molar-refractivity contribution < 1.29 is 18.8 Å². The fourth-order valence-electron chi connectivity index (χ4n) is 2.50. The van der Waals surface area contributed by atoms with Gasteiger partial charge in [-0.05, 0) is 31.1 Å². The maximum Gasteiger partial charge on any atom is 0.364 e. The first kappa shape index (κ1) is 12.9. The molecule has 1 fully saturated rings. The zero-order chi connectivity index (χ0) is 13.2. The van der Waals surface area contributed by atoms with E-state index in [2.05, 4.69) is 19.0 Å². The summed E-state index contributed by atoms with van der Waals surface area (Å²) in [5.41, 5.74) is 0.544. The molecule has 0 aromatic carbocycles. The van der Waals surface area contributed by atoms with Gasteiger partial charge in [-0.3, -0.25) is 0 Å². The number of esters is 1. The minimum atomic E-state index is -0.504. The number of nitrogens with zero attached hydrogens (tertiary/aromatic N) is 1. The summed E-state index contributed by atoms with van der Waals surface area (Å²) >= 11 is 0. The van der Waals surface area contributed by atoms with Gasteiger partial charge in [-0.25, -0.2) is 4.79 Å². The lowest BCUT2D eigenvalue weighted by Crippen LogP contribution is -2.35. The topological polar surface area (TPSA) is 61.6 Å². The van der Waals surface area contributed by atoms with Crippen LogP contribution in [-0.4, -0.2) is 24.3 Å². The van der Waals surface area contributed by atoms with Crippen molar-refractivity contribution in [3.63, 3.8) is 0 Å². The molecule has 0 saturated heterocycles. The molecule has 1 aromatic rings. The van der Waals surface area contributed by atoms with Crippen LogP contribution in [0.25, 0.3) is 0 Å². The average molecular weight is 253 g/mol. The highest BCUT2D eigenvalue weighted by atomic mass is 16.5. The van der Waals surface area contributed by atoms with Crippen molar-refractivity contribution in [1.82, 2.24) is 5.16 Å². The second-order valence-corrected chi connectivity index (χ2v) is 5.50. The van der Waals surface area contributed by atoms with E-state index in [0.717, 1.165) is 12.8 Å². The lowest BCUT2D eigenvalue weighted by atomic mass is 9.65. The molecule has 1 heterocycles. The molecule has 1 aromatic heterocycles. The van der Waals surface area contributed by atoms with Crippen LogP contribution in [0.15, 0.2) is 10.8 Å². The van der Waals surface area contributed by atoms with Gasteiger partial charge in [0, 0.05) is 0 Å². The molecule has 1 aliphatic carbocycles. The number of carbonyl (C=O) groups excluding carboxylic acids is 1. The van der Waals surface area contributed by atoms with E-state index in [1.54, 1.807) is 6.92 Å². The molecule has 0 amide bonds. The third-order valence-electron chi connectivity index (χ3n) is 3.16. The monoisotopic (exact) mass is 253 g/mol. The summed E-state index contributed by atoms with van der Waals surface area (Å²) in [7, 11) is 0. The van der Waals surface area contributed by atoms with Crippen molar-refractivity contribution >= 4 is 5.97 Å². The van der Waals surface area contributed by atoms with Crippen LogP contribution in [0, 0.1) is 11.3 Å². The second kappa shape index (κ2) is 5.00. The van der Waals surface area contributed by atoms with Crippen molar-refractivity contribution in [1.29, 1.82) is 0 Å². The lowest BCUT2D eigenvalue weighted by molar-refractivity contribution is 0.0473. The predicted molar refractivity (Wildman–Crippen MR) is 64.5 cm³/mol. The van der Waals surface area contributed by atoms with Crippen molar-refractivity contribution in [2.75, 3.05) is 13.2 Å². The van der Waals surface area contributed by atoms with Crippen LogP contribution in [0.4, 0.5) is 0 Å². The van der Waals surface area contributed by atoms with Gasteiger partial charge in [0.1, 0.15) is 0 Å². The van der Waals surface area contributed by atoms with E-state index in [1.165, 1.54) is 6.26 Å². The summed E-state index contributed by atoms with van der Waals surface area (Å²) < 4.78 is 15.2. The minimum Gasteiger partial charge on any atom is -0.487 e. The molecule has 0 spiro atoms. The van der Waals surface area contributed by atoms with Crippen molar-refractivity contribution in [3.05, 3.63) is 12.0 Å². The molecule has 5 nitrogen and oxygen atoms in total. The SMILES string of the molecule is CCOC(=O)c1nocc1OCC1CC(C)(C)C1. The van der Waals surface area contributed by atoms with Gasteiger partial charge < -0.3 is 14.0 Å². The van der Waals surface area contributed by atoms with E-state index in [1.807, 2.05) is 0 Å². The molecule has 0 atom stereocenters. The first-order valence-electron chi connectivity index (χ1n) is 6.26. The number of hydrogen-bond donors (Lipinski definition) is 0. The molecule has 1 aliphatic rings. The van der Waals surface area contributed by atoms with Gasteiger partial charge in [0.15, 0.2) is 12.0 Å². The molecule has 2 rings (SSSR count). The second-order valence-electron chi connectivity index (χ2n) is 5.50. The zero-order valence-electron chi connectivity index (χ0n) is 11.1. The highest BCUT2D eigenvalue weighted by molar-refractivity contribution is 5.89. The highest BCUT2D eigenvalue weighted by Gasteiger charge is 2.36. The van der Waals surface area contributed by atoms with Crippen molar-refractivity contribution in [3.8, 4) is 5.75 Å². The average Bonchev–Trinajstić information content (AvgIpc) is 2.71. The Morgan fingerprint density at radius 1 is 1.56 bits per heavy atom. The van der Waals surface area contributed by atoms with Gasteiger partial charge in [-0.1, -0.05) is 19.0 Å². The quantitative estimate of drug-likeness (QED) is 0.755. The van der Waals surface area contributed by atoms with Crippen LogP contribution in [0.3, 0.4) is 0 Å². The third-order valence-corrected chi connectivity index (χ3v) is 3.16. The van der Waals surface area contributed by atoms with Crippen LogP contribution in [-0.2, 0) is 4.74 Å². The Balaban J connectivity index is 1.87. The van der Waals surface area contributed by atoms with Gasteiger partial charge in [0.05, 0.1) is 13.2 Å². The molecule has 0 N–H and O–H groups in total. The number of carbonyl (C=O) groups is 1. The van der Waals surface area contributed by atoms with Gasteiger partial charge in [0.25, 0.3) is 0 Å². The van der Waals surface area contributed by atoms with Crippen LogP contribution >= 0.6 is 0 Å². The summed E-state index contributed by atoms with van der Waals surface area (Å²) in [5.74, 6) is 0.415. The maximum absolute atomic E-state index is 11.5. The molecule has 0 unspecified atom stereocenters. The molecule has 1 saturated carbocycles. The van der Waals surface area contributed by atoms with Gasteiger partial charge >= 0.3 is 5.97 Å². The first-order chi connectivity index (χ1) is 8.52. The normalized spacial score (nSPS) is 18.2. The third kappa shape index (κ3) is 2.83. The van der Waals surface area contributed by atoms with Crippen molar-refractivity contribution in [2.24, 2.45) is 11.3 Å². The maximum atomic E-state index is 11.5. The van der Waals surface area contributed by atoms with E-state index >= 15 is 0 Å². The predicted octanol–water partition coefficient (Wildman–Crippen LogP) is 2.67. The minimum absolute atomic E-state index is 0.121. The van der Waals surface area contributed by atoms with Crippen LogP contribution in [0.1, 0.15) is 44.1 Å². The Bertz CT molecular complexity index is 416. The summed E-state index contributed by atoms with van der Waals surface area (Å²) in [6.45, 7) is 7.13. The standard InChI is InChI=1S/C13H19NO4/c1-4-16-12(15)11-10(8-18-14-11)17-7-9-5-13(2,3)6-9/h8-9H,4-7H2,1-3H3. The van der Waals surface area contributed by atoms with Crippen LogP contribution in [0.2, 0.25) is 0 Å². The largest absolute Gasteiger partial charge is 0.487 e. The van der Waals surface area contributed by atoms with Gasteiger partial charge in [0.2, 0.25) is 5.69 Å². The summed E-state index contributed by atoms with van der Waals surface area (Å²) in [6.07, 6.45) is 3.64. The van der Waals surface area contributed by atoms with E-state index in [9.17, 15) is 4.79 Å². The Kier molecular flexibility index (Phi) is 3.59. The molecule has 100 valence electrons. The molecule has 0 radical (unpaired) electrons. The first-order valence-corrected chi connectivity index (χ1v) is 6.26. The lowest BCUT2D eigenvalue weighted by Gasteiger charge is -2.42. The molecule has 5 heteroatoms. The highest BCUT2D eigenvalue weighted by Crippen LogP contribution is 2.44. The van der Waals surface area contributed by atoms with Gasteiger partial charge in [-0.15, -0.1) is 0 Å². The molecule has 18 heavy (non-hydrogen) atoms. The Labute approximate surface area is 106 Å². The number of rotatable bonds is 5. The smallest absolute Gasteiger partial charge is 0.364 e. The summed E-state index contributed by atoms with van der Waals surface area (Å²) in [4.78, 5) is 11.5. The Morgan fingerprint density at radius 2 is 2.28 bits per heavy atom. The number of aromatic nitrogens is 1. The van der Waals surface area contributed by atoms with Gasteiger partial charge in [-0.2, -0.15) is 0 Å². The summed E-state index contributed by atoms with van der Waals surface area (Å²) in [5, 5.41) is 3.61. The van der Waals surface area contributed by atoms with E-state index in [0.29, 0.717) is 30.3 Å². The zero-order valence-corrected chi connectivity index (χ0v) is 11.1. The molecular formula is C13H19NO4. The number of hydrogen-bond acceptors (Lipinski definition) is 5. The molecular weight excluding hydrogens is 234 g/mol. The van der Waals surface area contributed by atoms with E-state index < -0.39 is 5.97 Å². The Morgan fingerprint density at radius 3 is 2.89 bits per heavy atom. The van der Waals surface area contributed by atoms with E-state index in [4.69, 9.17) is 14.0 Å². The Hall–Kier alpha value is -1.52. The molecule has 0 bridgehead atoms. The fraction of sp³-hybridized carbons (Fsp3) is 0.692. The van der Waals surface area contributed by atoms with Crippen molar-refractivity contribution in [2.45, 2.75) is 33.6 Å². The number of ether oxygens (including phenoxy) is 2. The summed E-state index contributed by atoms with van der Waals surface area (Å²) in [6, 6.07) is 0. The molecule has 0 aliphatic heterocycles. The van der Waals surface area contributed by atoms with E-state index in [-0.39, 0.29) is 5.69 Å². The fourth-order valence-corrected chi connectivity index (χ4v) is 2.50. The van der Waals surface area contributed by atoms with Crippen LogP contribution in [0.5, 0.6) is 5.75 Å². The van der Waals surface area contributed by atoms with Crippen LogP contribution < -0.4 is 4.74 Å².